The molecule has 6 nitrogen and oxygen atoms in total. The SMILES string of the molecule is CCCCC(CN)NC(=O)c1nccnc1N. The van der Waals surface area contributed by atoms with Crippen molar-refractivity contribution < 1.29 is 4.79 Å². The van der Waals surface area contributed by atoms with E-state index >= 15 is 0 Å². The van der Waals surface area contributed by atoms with E-state index in [0.717, 1.165) is 19.3 Å². The number of carbonyl (C=O) groups is 1. The molecule has 0 radical (unpaired) electrons. The van der Waals surface area contributed by atoms with Crippen LogP contribution in [0.1, 0.15) is 36.7 Å². The first-order chi connectivity index (χ1) is 8.19. The quantitative estimate of drug-likeness (QED) is 0.660. The zero-order valence-electron chi connectivity index (χ0n) is 10.0. The van der Waals surface area contributed by atoms with Gasteiger partial charge in [-0.1, -0.05) is 19.8 Å². The third-order valence-electron chi connectivity index (χ3n) is 2.47. The molecule has 0 saturated heterocycles. The van der Waals surface area contributed by atoms with Crippen LogP contribution in [0.4, 0.5) is 5.82 Å². The van der Waals surface area contributed by atoms with Crippen LogP contribution in [0, 0.1) is 0 Å². The summed E-state index contributed by atoms with van der Waals surface area (Å²) in [5, 5.41) is 2.81. The molecule has 1 rings (SSSR count). The Labute approximate surface area is 101 Å². The van der Waals surface area contributed by atoms with Gasteiger partial charge in [-0.05, 0) is 6.42 Å². The zero-order chi connectivity index (χ0) is 12.7. The predicted octanol–water partition coefficient (Wildman–Crippen LogP) is 0.306. The fourth-order valence-electron chi connectivity index (χ4n) is 1.48. The van der Waals surface area contributed by atoms with Crippen LogP contribution in [0.25, 0.3) is 0 Å². The molecule has 1 aromatic heterocycles. The number of aromatic nitrogens is 2. The van der Waals surface area contributed by atoms with Crippen molar-refractivity contribution in [1.82, 2.24) is 15.3 Å². The van der Waals surface area contributed by atoms with E-state index in [9.17, 15) is 4.79 Å². The summed E-state index contributed by atoms with van der Waals surface area (Å²) in [5.74, 6) is -0.182. The summed E-state index contributed by atoms with van der Waals surface area (Å²) in [7, 11) is 0. The van der Waals surface area contributed by atoms with Crippen LogP contribution < -0.4 is 16.8 Å². The zero-order valence-corrected chi connectivity index (χ0v) is 10.0. The molecular weight excluding hydrogens is 218 g/mol. The maximum atomic E-state index is 11.8. The van der Waals surface area contributed by atoms with Crippen molar-refractivity contribution in [3.8, 4) is 0 Å². The molecule has 0 aromatic carbocycles. The summed E-state index contributed by atoms with van der Waals surface area (Å²) in [4.78, 5) is 19.6. The van der Waals surface area contributed by atoms with Crippen molar-refractivity contribution in [3.63, 3.8) is 0 Å². The lowest BCUT2D eigenvalue weighted by Gasteiger charge is -2.16. The van der Waals surface area contributed by atoms with Crippen LogP contribution in [0.15, 0.2) is 12.4 Å². The number of rotatable bonds is 6. The Morgan fingerprint density at radius 1 is 1.47 bits per heavy atom. The number of nitrogen functional groups attached to an aromatic ring is 1. The average Bonchev–Trinajstić information content (AvgIpc) is 2.34. The lowest BCUT2D eigenvalue weighted by atomic mass is 10.1. The van der Waals surface area contributed by atoms with Gasteiger partial charge in [0.1, 0.15) is 0 Å². The minimum absolute atomic E-state index is 0.0381. The molecule has 0 bridgehead atoms. The third kappa shape index (κ3) is 3.99. The molecule has 1 heterocycles. The van der Waals surface area contributed by atoms with Crippen LogP contribution in [-0.4, -0.2) is 28.5 Å². The fraction of sp³-hybridized carbons (Fsp3) is 0.545. The van der Waals surface area contributed by atoms with Gasteiger partial charge in [-0.15, -0.1) is 0 Å². The smallest absolute Gasteiger partial charge is 0.273 e. The minimum Gasteiger partial charge on any atom is -0.382 e. The number of anilines is 1. The number of amides is 1. The summed E-state index contributed by atoms with van der Waals surface area (Å²) in [6, 6.07) is -0.0381. The van der Waals surface area contributed by atoms with E-state index in [-0.39, 0.29) is 23.5 Å². The van der Waals surface area contributed by atoms with E-state index in [1.165, 1.54) is 12.4 Å². The Morgan fingerprint density at radius 3 is 2.76 bits per heavy atom. The standard InChI is InChI=1S/C11H19N5O/c1-2-3-4-8(7-12)16-11(17)9-10(13)15-6-5-14-9/h5-6,8H,2-4,7,12H2,1H3,(H2,13,15)(H,16,17). The molecule has 0 aliphatic rings. The predicted molar refractivity (Wildman–Crippen MR) is 66.3 cm³/mol. The molecule has 94 valence electrons. The minimum atomic E-state index is -0.317. The van der Waals surface area contributed by atoms with Crippen molar-refractivity contribution >= 4 is 11.7 Å². The molecule has 1 amide bonds. The van der Waals surface area contributed by atoms with Gasteiger partial charge < -0.3 is 16.8 Å². The Hall–Kier alpha value is -1.69. The van der Waals surface area contributed by atoms with Gasteiger partial charge in [0.15, 0.2) is 11.5 Å². The number of nitrogens with two attached hydrogens (primary N) is 2. The highest BCUT2D eigenvalue weighted by molar-refractivity contribution is 5.96. The molecule has 0 aliphatic heterocycles. The summed E-state index contributed by atoms with van der Waals surface area (Å²) < 4.78 is 0. The first-order valence-corrected chi connectivity index (χ1v) is 5.76. The second-order valence-corrected chi connectivity index (χ2v) is 3.84. The molecule has 5 N–H and O–H groups in total. The first kappa shape index (κ1) is 13.4. The lowest BCUT2D eigenvalue weighted by Crippen LogP contribution is -2.40. The van der Waals surface area contributed by atoms with Crippen LogP contribution >= 0.6 is 0 Å². The summed E-state index contributed by atoms with van der Waals surface area (Å²) in [6.07, 6.45) is 5.84. The van der Waals surface area contributed by atoms with E-state index in [2.05, 4.69) is 22.2 Å². The second-order valence-electron chi connectivity index (χ2n) is 3.84. The monoisotopic (exact) mass is 237 g/mol. The van der Waals surface area contributed by atoms with E-state index < -0.39 is 0 Å². The molecule has 17 heavy (non-hydrogen) atoms. The summed E-state index contributed by atoms with van der Waals surface area (Å²) in [5.41, 5.74) is 11.3. The maximum Gasteiger partial charge on any atom is 0.273 e. The largest absolute Gasteiger partial charge is 0.382 e. The van der Waals surface area contributed by atoms with Crippen LogP contribution in [-0.2, 0) is 0 Å². The number of unbranched alkanes of at least 4 members (excludes halogenated alkanes) is 1. The molecule has 1 atom stereocenters. The second kappa shape index (κ2) is 6.80. The van der Waals surface area contributed by atoms with E-state index in [1.807, 2.05) is 0 Å². The van der Waals surface area contributed by atoms with Gasteiger partial charge in [-0.2, -0.15) is 0 Å². The molecule has 0 spiro atoms. The van der Waals surface area contributed by atoms with Gasteiger partial charge in [-0.3, -0.25) is 4.79 Å². The summed E-state index contributed by atoms with van der Waals surface area (Å²) >= 11 is 0. The number of hydrogen-bond donors (Lipinski definition) is 3. The van der Waals surface area contributed by atoms with E-state index in [0.29, 0.717) is 6.54 Å². The van der Waals surface area contributed by atoms with Crippen molar-refractivity contribution in [1.29, 1.82) is 0 Å². The Balaban J connectivity index is 2.61. The molecule has 0 fully saturated rings. The van der Waals surface area contributed by atoms with E-state index in [4.69, 9.17) is 11.5 Å². The Morgan fingerprint density at radius 2 is 2.18 bits per heavy atom. The highest BCUT2D eigenvalue weighted by atomic mass is 16.2. The number of hydrogen-bond acceptors (Lipinski definition) is 5. The van der Waals surface area contributed by atoms with Crippen molar-refractivity contribution in [2.75, 3.05) is 12.3 Å². The maximum absolute atomic E-state index is 11.8. The van der Waals surface area contributed by atoms with Gasteiger partial charge in [0.25, 0.3) is 5.91 Å². The first-order valence-electron chi connectivity index (χ1n) is 5.76. The molecule has 6 heteroatoms. The Bertz CT molecular complexity index is 369. The van der Waals surface area contributed by atoms with Gasteiger partial charge in [0.2, 0.25) is 0 Å². The molecular formula is C11H19N5O. The molecule has 1 unspecified atom stereocenters. The topological polar surface area (TPSA) is 107 Å². The van der Waals surface area contributed by atoms with Gasteiger partial charge in [0, 0.05) is 25.0 Å². The number of carbonyl (C=O) groups excluding carboxylic acids is 1. The van der Waals surface area contributed by atoms with E-state index in [1.54, 1.807) is 0 Å². The lowest BCUT2D eigenvalue weighted by molar-refractivity contribution is 0.0931. The van der Waals surface area contributed by atoms with Crippen molar-refractivity contribution in [2.45, 2.75) is 32.2 Å². The van der Waals surface area contributed by atoms with Crippen LogP contribution in [0.2, 0.25) is 0 Å². The van der Waals surface area contributed by atoms with Gasteiger partial charge in [0.05, 0.1) is 0 Å². The van der Waals surface area contributed by atoms with Crippen LogP contribution in [0.5, 0.6) is 0 Å². The third-order valence-corrected chi connectivity index (χ3v) is 2.47. The molecule has 0 aliphatic carbocycles. The average molecular weight is 237 g/mol. The van der Waals surface area contributed by atoms with Crippen molar-refractivity contribution in [3.05, 3.63) is 18.1 Å². The summed E-state index contributed by atoms with van der Waals surface area (Å²) in [6.45, 7) is 2.50. The highest BCUT2D eigenvalue weighted by Gasteiger charge is 2.15. The molecule has 1 aromatic rings. The van der Waals surface area contributed by atoms with Crippen LogP contribution in [0.3, 0.4) is 0 Å². The van der Waals surface area contributed by atoms with Crippen molar-refractivity contribution in [2.24, 2.45) is 5.73 Å². The van der Waals surface area contributed by atoms with Gasteiger partial charge in [-0.25, -0.2) is 9.97 Å². The molecule has 0 saturated carbocycles. The number of nitrogens with one attached hydrogen (secondary N) is 1. The Kier molecular flexibility index (Phi) is 5.35. The number of nitrogens with zero attached hydrogens (tertiary/aromatic N) is 2. The highest BCUT2D eigenvalue weighted by Crippen LogP contribution is 2.05. The van der Waals surface area contributed by atoms with Gasteiger partial charge >= 0.3 is 0 Å². The normalized spacial score (nSPS) is 12.1. The fourth-order valence-corrected chi connectivity index (χ4v) is 1.48.